The van der Waals surface area contributed by atoms with Gasteiger partial charge in [0.2, 0.25) is 3.79 Å². The third-order valence-electron chi connectivity index (χ3n) is 5.80. The molecular formula is C20H19Cl3N4O4. The van der Waals surface area contributed by atoms with Crippen molar-refractivity contribution >= 4 is 46.4 Å². The van der Waals surface area contributed by atoms with Gasteiger partial charge in [-0.2, -0.15) is 0 Å². The number of aromatic nitrogens is 1. The zero-order valence-electron chi connectivity index (χ0n) is 16.2. The van der Waals surface area contributed by atoms with Crippen molar-refractivity contribution in [2.24, 2.45) is 5.92 Å². The van der Waals surface area contributed by atoms with Crippen molar-refractivity contribution in [3.05, 3.63) is 74.2 Å². The molecule has 31 heavy (non-hydrogen) atoms. The molecule has 1 amide bonds. The fourth-order valence-electron chi connectivity index (χ4n) is 4.55. The van der Waals surface area contributed by atoms with Crippen LogP contribution in [-0.2, 0) is 6.54 Å². The Labute approximate surface area is 192 Å². The molecule has 2 aliphatic rings. The number of hydrogen-bond donors (Lipinski definition) is 1. The van der Waals surface area contributed by atoms with E-state index in [1.807, 2.05) is 11.0 Å². The van der Waals surface area contributed by atoms with E-state index in [0.717, 1.165) is 12.1 Å². The van der Waals surface area contributed by atoms with Crippen LogP contribution in [0.4, 0.5) is 5.69 Å². The highest BCUT2D eigenvalue weighted by Gasteiger charge is 2.44. The first kappa shape index (κ1) is 22.1. The first-order valence-corrected chi connectivity index (χ1v) is 10.8. The minimum Gasteiger partial charge on any atom is -0.332 e. The number of carbonyl (C=O) groups is 1. The molecule has 0 aliphatic carbocycles. The van der Waals surface area contributed by atoms with Gasteiger partial charge in [-0.3, -0.25) is 24.6 Å². The molecule has 8 nitrogen and oxygen atoms in total. The van der Waals surface area contributed by atoms with E-state index in [0.29, 0.717) is 19.6 Å². The van der Waals surface area contributed by atoms with Crippen LogP contribution in [0.25, 0.3) is 0 Å². The Kier molecular flexibility index (Phi) is 6.00. The second kappa shape index (κ2) is 8.43. The highest BCUT2D eigenvalue weighted by Crippen LogP contribution is 2.40. The molecule has 0 spiro atoms. The van der Waals surface area contributed by atoms with Crippen LogP contribution in [-0.4, -0.2) is 43.3 Å². The molecule has 3 heterocycles. The average molecular weight is 486 g/mol. The summed E-state index contributed by atoms with van der Waals surface area (Å²) in [6.45, 7) is 1.52. The predicted molar refractivity (Wildman–Crippen MR) is 118 cm³/mol. The van der Waals surface area contributed by atoms with Crippen molar-refractivity contribution in [2.75, 3.05) is 13.1 Å². The number of likely N-dealkylation sites (tertiary alicyclic amines) is 1. The van der Waals surface area contributed by atoms with Crippen LogP contribution in [0.2, 0.25) is 0 Å². The summed E-state index contributed by atoms with van der Waals surface area (Å²) < 4.78 is -0.0896. The summed E-state index contributed by atoms with van der Waals surface area (Å²) in [6, 6.07) is 10.8. The maximum atomic E-state index is 12.9. The topological polar surface area (TPSA) is 97.5 Å². The van der Waals surface area contributed by atoms with Crippen molar-refractivity contribution in [2.45, 2.75) is 28.8 Å². The van der Waals surface area contributed by atoms with Gasteiger partial charge in [-0.25, -0.2) is 0 Å². The lowest BCUT2D eigenvalue weighted by Crippen LogP contribution is -2.60. The molecular weight excluding hydrogens is 467 g/mol. The number of para-hydroxylation sites is 1. The number of carbonyl (C=O) groups excluding carboxylic acids is 1. The summed E-state index contributed by atoms with van der Waals surface area (Å²) >= 11 is 18.7. The first-order valence-electron chi connectivity index (χ1n) is 9.70. The fourth-order valence-corrected chi connectivity index (χ4v) is 5.13. The standard InChI is InChI=1S/C20H19Cl3N4O4/c21-20(22,23)19(24-18(29)14-4-1-2-5-16(14)27(30)31)25-9-12-8-13(11-25)15-6-3-7-17(28)26(15)10-12/h1-7,12-13,19H,8-11H2,(H,24,29)/t12-,13+,19?/m1/s1. The summed E-state index contributed by atoms with van der Waals surface area (Å²) in [6.07, 6.45) is -0.109. The summed E-state index contributed by atoms with van der Waals surface area (Å²) in [5, 5.41) is 14.0. The maximum Gasteiger partial charge on any atom is 0.282 e. The van der Waals surface area contributed by atoms with E-state index in [4.69, 9.17) is 34.8 Å². The number of alkyl halides is 3. The first-order chi connectivity index (χ1) is 14.6. The Hall–Kier alpha value is -2.13. The summed E-state index contributed by atoms with van der Waals surface area (Å²) in [5.41, 5.74) is 0.442. The van der Waals surface area contributed by atoms with Gasteiger partial charge >= 0.3 is 0 Å². The number of halogens is 3. The number of nitrogens with zero attached hydrogens (tertiary/aromatic N) is 3. The lowest BCUT2D eigenvalue weighted by Gasteiger charge is -2.47. The molecule has 2 bridgehead atoms. The summed E-state index contributed by atoms with van der Waals surface area (Å²) in [4.78, 5) is 37.7. The Morgan fingerprint density at radius 3 is 2.58 bits per heavy atom. The molecule has 1 N–H and O–H groups in total. The van der Waals surface area contributed by atoms with Crippen LogP contribution < -0.4 is 10.9 Å². The zero-order valence-corrected chi connectivity index (χ0v) is 18.5. The normalized spacial score (nSPS) is 21.8. The summed E-state index contributed by atoms with van der Waals surface area (Å²) in [7, 11) is 0. The minimum absolute atomic E-state index is 0.0386. The van der Waals surface area contributed by atoms with Gasteiger partial charge in [0.25, 0.3) is 17.2 Å². The number of amides is 1. The number of rotatable bonds is 4. The third-order valence-corrected chi connectivity index (χ3v) is 6.42. The van der Waals surface area contributed by atoms with Gasteiger partial charge in [0.05, 0.1) is 4.92 Å². The highest BCUT2D eigenvalue weighted by atomic mass is 35.6. The molecule has 11 heteroatoms. The molecule has 2 aromatic rings. The maximum absolute atomic E-state index is 12.9. The lowest BCUT2D eigenvalue weighted by molar-refractivity contribution is -0.385. The molecule has 0 radical (unpaired) electrons. The number of nitro benzene ring substituents is 1. The molecule has 1 aromatic heterocycles. The molecule has 1 aromatic carbocycles. The van der Waals surface area contributed by atoms with Gasteiger partial charge in [0.1, 0.15) is 11.7 Å². The number of benzene rings is 1. The number of fused-ring (bicyclic) bond motifs is 4. The van der Waals surface area contributed by atoms with Gasteiger partial charge in [0, 0.05) is 43.4 Å². The van der Waals surface area contributed by atoms with Crippen molar-refractivity contribution in [1.82, 2.24) is 14.8 Å². The van der Waals surface area contributed by atoms with Crippen LogP contribution in [0.5, 0.6) is 0 Å². The van der Waals surface area contributed by atoms with E-state index in [2.05, 4.69) is 5.32 Å². The Bertz CT molecular complexity index is 1080. The van der Waals surface area contributed by atoms with Crippen LogP contribution >= 0.6 is 34.8 Å². The number of hydrogen-bond acceptors (Lipinski definition) is 5. The molecule has 0 saturated carbocycles. The second-order valence-electron chi connectivity index (χ2n) is 7.84. The average Bonchev–Trinajstić information content (AvgIpc) is 2.71. The van der Waals surface area contributed by atoms with E-state index in [1.54, 1.807) is 16.7 Å². The molecule has 3 atom stereocenters. The fraction of sp³-hybridized carbons (Fsp3) is 0.400. The van der Waals surface area contributed by atoms with E-state index < -0.39 is 20.8 Å². The number of nitro groups is 1. The molecule has 1 unspecified atom stereocenters. The minimum atomic E-state index is -1.87. The van der Waals surface area contributed by atoms with Crippen molar-refractivity contribution in [1.29, 1.82) is 0 Å². The van der Waals surface area contributed by atoms with Gasteiger partial charge < -0.3 is 9.88 Å². The second-order valence-corrected chi connectivity index (χ2v) is 10.2. The van der Waals surface area contributed by atoms with E-state index in [1.165, 1.54) is 24.3 Å². The van der Waals surface area contributed by atoms with Crippen LogP contribution in [0.1, 0.15) is 28.4 Å². The van der Waals surface area contributed by atoms with E-state index >= 15 is 0 Å². The smallest absolute Gasteiger partial charge is 0.282 e. The van der Waals surface area contributed by atoms with Crippen molar-refractivity contribution in [3.8, 4) is 0 Å². The van der Waals surface area contributed by atoms with Crippen LogP contribution in [0, 0.1) is 16.0 Å². The lowest BCUT2D eigenvalue weighted by atomic mass is 9.83. The van der Waals surface area contributed by atoms with Crippen molar-refractivity contribution in [3.63, 3.8) is 0 Å². The Balaban J connectivity index is 1.61. The monoisotopic (exact) mass is 484 g/mol. The van der Waals surface area contributed by atoms with Gasteiger partial charge in [-0.1, -0.05) is 53.0 Å². The van der Waals surface area contributed by atoms with Gasteiger partial charge in [0.15, 0.2) is 0 Å². The Morgan fingerprint density at radius 2 is 1.87 bits per heavy atom. The third kappa shape index (κ3) is 4.43. The van der Waals surface area contributed by atoms with E-state index in [9.17, 15) is 19.7 Å². The largest absolute Gasteiger partial charge is 0.332 e. The van der Waals surface area contributed by atoms with Crippen LogP contribution in [0.15, 0.2) is 47.3 Å². The summed E-state index contributed by atoms with van der Waals surface area (Å²) in [5.74, 6) is -0.514. The Morgan fingerprint density at radius 1 is 1.13 bits per heavy atom. The van der Waals surface area contributed by atoms with Gasteiger partial charge in [-0.15, -0.1) is 0 Å². The number of pyridine rings is 1. The molecule has 1 fully saturated rings. The molecule has 1 saturated heterocycles. The van der Waals surface area contributed by atoms with Gasteiger partial charge in [-0.05, 0) is 24.5 Å². The SMILES string of the molecule is O=C(NC(N1C[C@H]2C[C@@H](C1)c1cccc(=O)n1C2)C(Cl)(Cl)Cl)c1ccccc1[N+](=O)[O-]. The number of nitrogens with one attached hydrogen (secondary N) is 1. The van der Waals surface area contributed by atoms with Crippen LogP contribution in [0.3, 0.4) is 0 Å². The molecule has 2 aliphatic heterocycles. The molecule has 4 rings (SSSR count). The number of piperidine rings is 1. The highest BCUT2D eigenvalue weighted by molar-refractivity contribution is 6.68. The van der Waals surface area contributed by atoms with E-state index in [-0.39, 0.29) is 28.6 Å². The molecule has 164 valence electrons. The zero-order chi connectivity index (χ0) is 22.3. The predicted octanol–water partition coefficient (Wildman–Crippen LogP) is 3.30. The van der Waals surface area contributed by atoms with Crippen molar-refractivity contribution < 1.29 is 9.72 Å². The quantitative estimate of drug-likeness (QED) is 0.407.